The van der Waals surface area contributed by atoms with Gasteiger partial charge in [-0.15, -0.1) is 0 Å². The van der Waals surface area contributed by atoms with Crippen molar-refractivity contribution in [3.05, 3.63) is 0 Å². The van der Waals surface area contributed by atoms with Crippen molar-refractivity contribution in [1.82, 2.24) is 5.32 Å². The molecule has 0 amide bonds. The van der Waals surface area contributed by atoms with E-state index < -0.39 is 0 Å². The summed E-state index contributed by atoms with van der Waals surface area (Å²) in [7, 11) is 0. The van der Waals surface area contributed by atoms with Crippen LogP contribution < -0.4 is 5.32 Å². The van der Waals surface area contributed by atoms with Crippen LogP contribution in [0, 0.1) is 5.92 Å². The summed E-state index contributed by atoms with van der Waals surface area (Å²) in [5, 5.41) is 3.66. The van der Waals surface area contributed by atoms with Gasteiger partial charge in [-0.2, -0.15) is 0 Å². The molecule has 0 aromatic rings. The van der Waals surface area contributed by atoms with Gasteiger partial charge in [-0.25, -0.2) is 0 Å². The molecule has 3 heteroatoms. The van der Waals surface area contributed by atoms with Crippen molar-refractivity contribution in [2.75, 3.05) is 26.4 Å². The minimum Gasteiger partial charge on any atom is -0.380 e. The molecule has 1 saturated carbocycles. The van der Waals surface area contributed by atoms with Crippen LogP contribution in [-0.2, 0) is 9.47 Å². The molecule has 0 aromatic carbocycles. The molecule has 1 saturated heterocycles. The molecule has 1 atom stereocenters. The molecule has 1 heterocycles. The van der Waals surface area contributed by atoms with Crippen molar-refractivity contribution >= 4 is 0 Å². The van der Waals surface area contributed by atoms with Crippen molar-refractivity contribution in [2.24, 2.45) is 5.92 Å². The Labute approximate surface area is 118 Å². The van der Waals surface area contributed by atoms with Crippen molar-refractivity contribution in [2.45, 2.75) is 70.4 Å². The summed E-state index contributed by atoms with van der Waals surface area (Å²) >= 11 is 0. The van der Waals surface area contributed by atoms with Gasteiger partial charge in [0.2, 0.25) is 0 Å². The maximum Gasteiger partial charge on any atom is 0.0697 e. The zero-order valence-corrected chi connectivity index (χ0v) is 12.7. The standard InChI is InChI=1S/C16H31NO2/c1-14(2)5-10-18-12-9-17-15-6-11-19-16(13-15)7-3-4-8-16/h14-15,17H,3-13H2,1-2H3. The van der Waals surface area contributed by atoms with E-state index in [1.54, 1.807) is 0 Å². The zero-order valence-electron chi connectivity index (χ0n) is 12.7. The second kappa shape index (κ2) is 7.61. The molecule has 0 radical (unpaired) electrons. The van der Waals surface area contributed by atoms with E-state index in [4.69, 9.17) is 9.47 Å². The maximum absolute atomic E-state index is 6.06. The van der Waals surface area contributed by atoms with Crippen LogP contribution in [-0.4, -0.2) is 38.0 Å². The first-order chi connectivity index (χ1) is 9.20. The second-order valence-corrected chi connectivity index (χ2v) is 6.68. The molecule has 1 aliphatic heterocycles. The van der Waals surface area contributed by atoms with Crippen LogP contribution in [0.15, 0.2) is 0 Å². The smallest absolute Gasteiger partial charge is 0.0697 e. The molecular formula is C16H31NO2. The predicted molar refractivity (Wildman–Crippen MR) is 78.4 cm³/mol. The van der Waals surface area contributed by atoms with Gasteiger partial charge in [-0.1, -0.05) is 26.7 Å². The first-order valence-corrected chi connectivity index (χ1v) is 8.15. The molecule has 3 nitrogen and oxygen atoms in total. The van der Waals surface area contributed by atoms with Crippen LogP contribution in [0.1, 0.15) is 58.8 Å². The molecule has 1 unspecified atom stereocenters. The van der Waals surface area contributed by atoms with Crippen molar-refractivity contribution in [1.29, 1.82) is 0 Å². The molecule has 1 N–H and O–H groups in total. The van der Waals surface area contributed by atoms with Gasteiger partial charge in [0.25, 0.3) is 0 Å². The minimum atomic E-state index is 0.231. The van der Waals surface area contributed by atoms with Crippen LogP contribution in [0.4, 0.5) is 0 Å². The molecule has 19 heavy (non-hydrogen) atoms. The Morgan fingerprint density at radius 3 is 2.79 bits per heavy atom. The fraction of sp³-hybridized carbons (Fsp3) is 1.00. The Bertz CT molecular complexity index is 249. The molecule has 1 aliphatic carbocycles. The fourth-order valence-electron chi connectivity index (χ4n) is 3.33. The van der Waals surface area contributed by atoms with Gasteiger partial charge in [0.1, 0.15) is 0 Å². The Balaban J connectivity index is 1.56. The van der Waals surface area contributed by atoms with Crippen molar-refractivity contribution in [3.63, 3.8) is 0 Å². The number of hydrogen-bond donors (Lipinski definition) is 1. The van der Waals surface area contributed by atoms with Gasteiger partial charge >= 0.3 is 0 Å². The van der Waals surface area contributed by atoms with E-state index in [9.17, 15) is 0 Å². The molecular weight excluding hydrogens is 238 g/mol. The first kappa shape index (κ1) is 15.3. The Morgan fingerprint density at radius 1 is 1.26 bits per heavy atom. The molecule has 1 spiro atoms. The van der Waals surface area contributed by atoms with Gasteiger partial charge in [-0.3, -0.25) is 0 Å². The third kappa shape index (κ3) is 5.05. The van der Waals surface area contributed by atoms with E-state index in [0.29, 0.717) is 6.04 Å². The van der Waals surface area contributed by atoms with Gasteiger partial charge in [0.15, 0.2) is 0 Å². The maximum atomic E-state index is 6.06. The SMILES string of the molecule is CC(C)CCOCCNC1CCOC2(CCCC2)C1. The highest BCUT2D eigenvalue weighted by Gasteiger charge is 2.39. The normalized spacial score (nSPS) is 26.4. The Hall–Kier alpha value is -0.120. The van der Waals surface area contributed by atoms with E-state index >= 15 is 0 Å². The summed E-state index contributed by atoms with van der Waals surface area (Å²) in [6.45, 7) is 8.15. The van der Waals surface area contributed by atoms with E-state index in [0.717, 1.165) is 38.7 Å². The highest BCUT2D eigenvalue weighted by Crippen LogP contribution is 2.39. The van der Waals surface area contributed by atoms with Crippen molar-refractivity contribution in [3.8, 4) is 0 Å². The lowest BCUT2D eigenvalue weighted by molar-refractivity contribution is -0.0840. The Morgan fingerprint density at radius 2 is 2.05 bits per heavy atom. The average Bonchev–Trinajstić information content (AvgIpc) is 2.81. The van der Waals surface area contributed by atoms with Crippen LogP contribution in [0.3, 0.4) is 0 Å². The fourth-order valence-corrected chi connectivity index (χ4v) is 3.33. The molecule has 2 aliphatic rings. The van der Waals surface area contributed by atoms with Crippen molar-refractivity contribution < 1.29 is 9.47 Å². The summed E-state index contributed by atoms with van der Waals surface area (Å²) in [5.74, 6) is 0.741. The largest absolute Gasteiger partial charge is 0.380 e. The monoisotopic (exact) mass is 269 g/mol. The summed E-state index contributed by atoms with van der Waals surface area (Å²) in [6.07, 6.45) is 8.79. The number of rotatable bonds is 7. The average molecular weight is 269 g/mol. The van der Waals surface area contributed by atoms with Gasteiger partial charge in [0, 0.05) is 25.8 Å². The van der Waals surface area contributed by atoms with Crippen LogP contribution >= 0.6 is 0 Å². The highest BCUT2D eigenvalue weighted by molar-refractivity contribution is 4.93. The zero-order chi connectivity index (χ0) is 13.6. The van der Waals surface area contributed by atoms with Gasteiger partial charge in [0.05, 0.1) is 12.2 Å². The summed E-state index contributed by atoms with van der Waals surface area (Å²) < 4.78 is 11.7. The summed E-state index contributed by atoms with van der Waals surface area (Å²) in [6, 6.07) is 0.639. The van der Waals surface area contributed by atoms with E-state index in [-0.39, 0.29) is 5.60 Å². The first-order valence-electron chi connectivity index (χ1n) is 8.15. The predicted octanol–water partition coefficient (Wildman–Crippen LogP) is 3.13. The topological polar surface area (TPSA) is 30.5 Å². The van der Waals surface area contributed by atoms with Gasteiger partial charge in [-0.05, 0) is 38.0 Å². The highest BCUT2D eigenvalue weighted by atomic mass is 16.5. The molecule has 0 aromatic heterocycles. The third-order valence-corrected chi connectivity index (χ3v) is 4.53. The number of ether oxygens (including phenoxy) is 2. The van der Waals surface area contributed by atoms with Gasteiger partial charge < -0.3 is 14.8 Å². The molecule has 0 bridgehead atoms. The third-order valence-electron chi connectivity index (χ3n) is 4.53. The molecule has 2 rings (SSSR count). The second-order valence-electron chi connectivity index (χ2n) is 6.68. The molecule has 2 fully saturated rings. The lowest BCUT2D eigenvalue weighted by Gasteiger charge is -2.38. The lowest BCUT2D eigenvalue weighted by atomic mass is 9.89. The minimum absolute atomic E-state index is 0.231. The van der Waals surface area contributed by atoms with Crippen LogP contribution in [0.25, 0.3) is 0 Å². The number of nitrogens with one attached hydrogen (secondary N) is 1. The number of hydrogen-bond acceptors (Lipinski definition) is 3. The van der Waals surface area contributed by atoms with E-state index in [1.807, 2.05) is 0 Å². The molecule has 112 valence electrons. The van der Waals surface area contributed by atoms with Crippen LogP contribution in [0.5, 0.6) is 0 Å². The van der Waals surface area contributed by atoms with E-state index in [2.05, 4.69) is 19.2 Å². The summed E-state index contributed by atoms with van der Waals surface area (Å²) in [5.41, 5.74) is 0.231. The van der Waals surface area contributed by atoms with E-state index in [1.165, 1.54) is 38.5 Å². The lowest BCUT2D eigenvalue weighted by Crippen LogP contribution is -2.46. The van der Waals surface area contributed by atoms with Crippen LogP contribution in [0.2, 0.25) is 0 Å². The summed E-state index contributed by atoms with van der Waals surface area (Å²) in [4.78, 5) is 0. The Kier molecular flexibility index (Phi) is 6.11. The quantitative estimate of drug-likeness (QED) is 0.720.